The normalized spacial score (nSPS) is 11.0. The zero-order valence-electron chi connectivity index (χ0n) is 13.7. The Labute approximate surface area is 148 Å². The molecule has 3 heterocycles. The lowest BCUT2D eigenvalue weighted by Crippen LogP contribution is -2.13. The van der Waals surface area contributed by atoms with Crippen molar-refractivity contribution in [3.05, 3.63) is 64.7 Å². The van der Waals surface area contributed by atoms with Crippen LogP contribution in [0.3, 0.4) is 0 Å². The standard InChI is InChI=1S/C19H15N3O2S/c1-11-8-9-16(25-11)15-10-14(17-12(2)22-24-19(17)21-15)18(23)20-13-6-4-3-5-7-13/h3-10H,1-2H3,(H,20,23). The van der Waals surface area contributed by atoms with Crippen LogP contribution in [0.2, 0.25) is 0 Å². The number of hydrogen-bond donors (Lipinski definition) is 1. The molecule has 1 amide bonds. The largest absolute Gasteiger partial charge is 0.335 e. The van der Waals surface area contributed by atoms with E-state index in [1.165, 1.54) is 4.88 Å². The van der Waals surface area contributed by atoms with Gasteiger partial charge in [0.25, 0.3) is 11.6 Å². The number of fused-ring (bicyclic) bond motifs is 1. The number of carbonyl (C=O) groups is 1. The molecule has 4 rings (SSSR count). The molecule has 1 N–H and O–H groups in total. The molecule has 0 fully saturated rings. The van der Waals surface area contributed by atoms with Crippen molar-refractivity contribution in [3.8, 4) is 10.6 Å². The van der Waals surface area contributed by atoms with Crippen LogP contribution in [0.15, 0.2) is 53.1 Å². The summed E-state index contributed by atoms with van der Waals surface area (Å²) in [5, 5.41) is 7.53. The van der Waals surface area contributed by atoms with E-state index in [1.54, 1.807) is 17.4 Å². The van der Waals surface area contributed by atoms with E-state index in [1.807, 2.05) is 56.3 Å². The third kappa shape index (κ3) is 2.92. The van der Waals surface area contributed by atoms with E-state index in [-0.39, 0.29) is 5.91 Å². The van der Waals surface area contributed by atoms with Gasteiger partial charge in [0.15, 0.2) is 0 Å². The summed E-state index contributed by atoms with van der Waals surface area (Å²) in [5.41, 5.74) is 2.97. The summed E-state index contributed by atoms with van der Waals surface area (Å²) < 4.78 is 5.32. The van der Waals surface area contributed by atoms with Gasteiger partial charge in [-0.15, -0.1) is 11.3 Å². The zero-order valence-corrected chi connectivity index (χ0v) is 14.6. The lowest BCUT2D eigenvalue weighted by atomic mass is 10.1. The first-order valence-corrected chi connectivity index (χ1v) is 8.64. The van der Waals surface area contributed by atoms with Crippen LogP contribution in [0.4, 0.5) is 5.69 Å². The molecule has 0 aliphatic carbocycles. The van der Waals surface area contributed by atoms with Crippen LogP contribution in [-0.2, 0) is 0 Å². The molecule has 0 radical (unpaired) electrons. The molecular formula is C19H15N3O2S. The van der Waals surface area contributed by atoms with Crippen LogP contribution >= 0.6 is 11.3 Å². The maximum absolute atomic E-state index is 12.9. The number of rotatable bonds is 3. The van der Waals surface area contributed by atoms with Gasteiger partial charge in [-0.25, -0.2) is 4.98 Å². The monoisotopic (exact) mass is 349 g/mol. The van der Waals surface area contributed by atoms with Crippen LogP contribution in [-0.4, -0.2) is 16.0 Å². The van der Waals surface area contributed by atoms with E-state index in [0.717, 1.165) is 10.6 Å². The number of nitrogens with one attached hydrogen (secondary N) is 1. The first-order chi connectivity index (χ1) is 12.1. The molecule has 25 heavy (non-hydrogen) atoms. The highest BCUT2D eigenvalue weighted by Crippen LogP contribution is 2.31. The Balaban J connectivity index is 1.83. The van der Waals surface area contributed by atoms with E-state index in [0.29, 0.717) is 28.1 Å². The Morgan fingerprint density at radius 3 is 2.64 bits per heavy atom. The molecule has 3 aromatic heterocycles. The van der Waals surface area contributed by atoms with Crippen molar-refractivity contribution in [2.75, 3.05) is 5.32 Å². The third-order valence-corrected chi connectivity index (χ3v) is 4.91. The molecule has 0 saturated heterocycles. The molecule has 0 aliphatic heterocycles. The quantitative estimate of drug-likeness (QED) is 0.576. The molecule has 1 aromatic carbocycles. The van der Waals surface area contributed by atoms with Crippen molar-refractivity contribution in [3.63, 3.8) is 0 Å². The number of hydrogen-bond acceptors (Lipinski definition) is 5. The minimum absolute atomic E-state index is 0.209. The third-order valence-electron chi connectivity index (χ3n) is 3.89. The number of pyridine rings is 1. The van der Waals surface area contributed by atoms with Gasteiger partial charge in [0.1, 0.15) is 0 Å². The second-order valence-electron chi connectivity index (χ2n) is 5.73. The van der Waals surface area contributed by atoms with Crippen molar-refractivity contribution < 1.29 is 9.32 Å². The molecule has 0 aliphatic rings. The van der Waals surface area contributed by atoms with Gasteiger partial charge in [0.2, 0.25) is 0 Å². The number of aryl methyl sites for hydroxylation is 2. The van der Waals surface area contributed by atoms with Gasteiger partial charge in [-0.1, -0.05) is 23.4 Å². The van der Waals surface area contributed by atoms with Crippen LogP contribution < -0.4 is 5.32 Å². The molecule has 0 unspecified atom stereocenters. The Bertz CT molecular complexity index is 1070. The minimum atomic E-state index is -0.209. The maximum atomic E-state index is 12.9. The number of para-hydroxylation sites is 1. The second kappa shape index (κ2) is 6.14. The van der Waals surface area contributed by atoms with Gasteiger partial charge in [-0.3, -0.25) is 4.79 Å². The summed E-state index contributed by atoms with van der Waals surface area (Å²) in [6, 6.07) is 15.2. The molecule has 6 heteroatoms. The topological polar surface area (TPSA) is 68.0 Å². The highest BCUT2D eigenvalue weighted by Gasteiger charge is 2.20. The van der Waals surface area contributed by atoms with E-state index in [2.05, 4.69) is 15.5 Å². The second-order valence-corrected chi connectivity index (χ2v) is 7.02. The lowest BCUT2D eigenvalue weighted by molar-refractivity contribution is 0.102. The number of carbonyl (C=O) groups excluding carboxylic acids is 1. The summed E-state index contributed by atoms with van der Waals surface area (Å²) in [6.07, 6.45) is 0. The number of nitrogens with zero attached hydrogens (tertiary/aromatic N) is 2. The van der Waals surface area contributed by atoms with Gasteiger partial charge in [-0.05, 0) is 44.2 Å². The highest BCUT2D eigenvalue weighted by atomic mass is 32.1. The van der Waals surface area contributed by atoms with E-state index in [4.69, 9.17) is 4.52 Å². The van der Waals surface area contributed by atoms with E-state index < -0.39 is 0 Å². The molecule has 5 nitrogen and oxygen atoms in total. The number of thiophene rings is 1. The van der Waals surface area contributed by atoms with Crippen molar-refractivity contribution in [1.29, 1.82) is 0 Å². The zero-order chi connectivity index (χ0) is 17.4. The summed E-state index contributed by atoms with van der Waals surface area (Å²) in [6.45, 7) is 3.84. The van der Waals surface area contributed by atoms with E-state index in [9.17, 15) is 4.79 Å². The number of anilines is 1. The lowest BCUT2D eigenvalue weighted by Gasteiger charge is -2.07. The first-order valence-electron chi connectivity index (χ1n) is 7.82. The molecule has 124 valence electrons. The Kier molecular flexibility index (Phi) is 3.82. The minimum Gasteiger partial charge on any atom is -0.335 e. The summed E-state index contributed by atoms with van der Waals surface area (Å²) in [4.78, 5) is 19.6. The molecule has 0 atom stereocenters. The maximum Gasteiger partial charge on any atom is 0.259 e. The molecular weight excluding hydrogens is 334 g/mol. The Morgan fingerprint density at radius 2 is 1.92 bits per heavy atom. The van der Waals surface area contributed by atoms with Crippen LogP contribution in [0, 0.1) is 13.8 Å². The van der Waals surface area contributed by atoms with Crippen molar-refractivity contribution >= 4 is 34.0 Å². The predicted octanol–water partition coefficient (Wildman–Crippen LogP) is 4.82. The number of amides is 1. The Morgan fingerprint density at radius 1 is 1.12 bits per heavy atom. The van der Waals surface area contributed by atoms with Crippen molar-refractivity contribution in [2.45, 2.75) is 13.8 Å². The van der Waals surface area contributed by atoms with Gasteiger partial charge in [0.05, 0.1) is 27.2 Å². The van der Waals surface area contributed by atoms with Gasteiger partial charge in [0, 0.05) is 10.6 Å². The van der Waals surface area contributed by atoms with Gasteiger partial charge in [-0.2, -0.15) is 0 Å². The number of aromatic nitrogens is 2. The number of benzene rings is 1. The van der Waals surface area contributed by atoms with E-state index >= 15 is 0 Å². The van der Waals surface area contributed by atoms with Crippen molar-refractivity contribution in [1.82, 2.24) is 10.1 Å². The molecule has 0 saturated carbocycles. The SMILES string of the molecule is Cc1ccc(-c2cc(C(=O)Nc3ccccc3)c3c(C)noc3n2)s1. The fourth-order valence-corrected chi connectivity index (χ4v) is 3.52. The summed E-state index contributed by atoms with van der Waals surface area (Å²) >= 11 is 1.62. The van der Waals surface area contributed by atoms with Crippen LogP contribution in [0.25, 0.3) is 21.7 Å². The van der Waals surface area contributed by atoms with Gasteiger partial charge >= 0.3 is 0 Å². The molecule has 4 aromatic rings. The fraction of sp³-hybridized carbons (Fsp3) is 0.105. The predicted molar refractivity (Wildman–Crippen MR) is 99.0 cm³/mol. The molecule has 0 bridgehead atoms. The average Bonchev–Trinajstić information content (AvgIpc) is 3.21. The smallest absolute Gasteiger partial charge is 0.259 e. The summed E-state index contributed by atoms with van der Waals surface area (Å²) in [5.74, 6) is -0.209. The first kappa shape index (κ1) is 15.5. The van der Waals surface area contributed by atoms with Crippen LogP contribution in [0.5, 0.6) is 0 Å². The average molecular weight is 349 g/mol. The highest BCUT2D eigenvalue weighted by molar-refractivity contribution is 7.15. The van der Waals surface area contributed by atoms with Crippen molar-refractivity contribution in [2.24, 2.45) is 0 Å². The van der Waals surface area contributed by atoms with Gasteiger partial charge < -0.3 is 9.84 Å². The van der Waals surface area contributed by atoms with Crippen LogP contribution in [0.1, 0.15) is 20.9 Å². The summed E-state index contributed by atoms with van der Waals surface area (Å²) in [7, 11) is 0. The molecule has 0 spiro atoms. The fourth-order valence-electron chi connectivity index (χ4n) is 2.69. The Hall–Kier alpha value is -2.99.